The molecule has 2 aromatic heterocycles. The minimum atomic E-state index is -0.918. The molecule has 1 aliphatic rings. The zero-order valence-electron chi connectivity index (χ0n) is 21.2. The predicted molar refractivity (Wildman–Crippen MR) is 142 cm³/mol. The van der Waals surface area contributed by atoms with Gasteiger partial charge >= 0.3 is 0 Å². The van der Waals surface area contributed by atoms with E-state index in [0.717, 1.165) is 30.6 Å². The van der Waals surface area contributed by atoms with E-state index in [1.165, 1.54) is 6.42 Å². The van der Waals surface area contributed by atoms with Crippen molar-refractivity contribution < 1.29 is 19.7 Å². The van der Waals surface area contributed by atoms with Crippen LogP contribution in [0, 0.1) is 5.92 Å². The second-order valence-electron chi connectivity index (χ2n) is 10.1. The minimum absolute atomic E-state index is 0.0184. The molecule has 9 heteroatoms. The van der Waals surface area contributed by atoms with Crippen LogP contribution >= 0.6 is 11.8 Å². The van der Waals surface area contributed by atoms with Crippen molar-refractivity contribution in [3.05, 3.63) is 48.8 Å². The van der Waals surface area contributed by atoms with E-state index in [9.17, 15) is 15.0 Å². The maximum atomic E-state index is 13.5. The molecule has 2 heterocycles. The Labute approximate surface area is 216 Å². The molecule has 3 aromatic rings. The number of aromatic hydroxyl groups is 1. The molecule has 1 atom stereocenters. The summed E-state index contributed by atoms with van der Waals surface area (Å²) in [6, 6.07) is 10.4. The van der Waals surface area contributed by atoms with Gasteiger partial charge in [0, 0.05) is 23.2 Å². The number of aliphatic hydroxyl groups is 1. The van der Waals surface area contributed by atoms with E-state index in [2.05, 4.69) is 10.4 Å². The maximum absolute atomic E-state index is 13.5. The number of anilines is 1. The zero-order chi connectivity index (χ0) is 25.7. The van der Waals surface area contributed by atoms with Gasteiger partial charge in [-0.25, -0.2) is 0 Å². The summed E-state index contributed by atoms with van der Waals surface area (Å²) in [6.07, 6.45) is 11.8. The van der Waals surface area contributed by atoms with Gasteiger partial charge in [-0.3, -0.25) is 9.48 Å². The van der Waals surface area contributed by atoms with Crippen LogP contribution in [0.25, 0.3) is 0 Å². The van der Waals surface area contributed by atoms with Crippen molar-refractivity contribution in [2.45, 2.75) is 75.5 Å². The minimum Gasteiger partial charge on any atom is -0.494 e. The van der Waals surface area contributed by atoms with E-state index in [-0.39, 0.29) is 11.8 Å². The lowest BCUT2D eigenvalue weighted by Crippen LogP contribution is -2.29. The second kappa shape index (κ2) is 11.4. The Morgan fingerprint density at radius 3 is 2.72 bits per heavy atom. The van der Waals surface area contributed by atoms with Gasteiger partial charge in [-0.05, 0) is 44.6 Å². The number of amides is 1. The topological polar surface area (TPSA) is 102 Å². The van der Waals surface area contributed by atoms with Crippen LogP contribution in [0.1, 0.15) is 58.4 Å². The number of para-hydroxylation sites is 1. The van der Waals surface area contributed by atoms with Crippen molar-refractivity contribution in [2.75, 3.05) is 11.6 Å². The largest absolute Gasteiger partial charge is 0.494 e. The molecule has 0 unspecified atom stereocenters. The third kappa shape index (κ3) is 6.85. The highest BCUT2D eigenvalue weighted by Crippen LogP contribution is 2.37. The lowest BCUT2D eigenvalue weighted by molar-refractivity contribution is -0.120. The highest BCUT2D eigenvalue weighted by atomic mass is 32.2. The number of ether oxygens (including phenoxy) is 1. The number of hydrogen-bond donors (Lipinski definition) is 3. The van der Waals surface area contributed by atoms with Gasteiger partial charge in [0.2, 0.25) is 5.91 Å². The lowest BCUT2D eigenvalue weighted by Gasteiger charge is -2.27. The number of nitrogens with zero attached hydrogens (tertiary/aromatic N) is 3. The fraction of sp³-hybridized carbons (Fsp3) is 0.481. The molecule has 0 radical (unpaired) electrons. The van der Waals surface area contributed by atoms with Crippen molar-refractivity contribution in [3.63, 3.8) is 0 Å². The van der Waals surface area contributed by atoms with Crippen molar-refractivity contribution in [1.82, 2.24) is 14.3 Å². The third-order valence-electron chi connectivity index (χ3n) is 6.46. The summed E-state index contributed by atoms with van der Waals surface area (Å²) in [4.78, 5) is 14.5. The Morgan fingerprint density at radius 2 is 2.00 bits per heavy atom. The van der Waals surface area contributed by atoms with Crippen molar-refractivity contribution >= 4 is 23.5 Å². The summed E-state index contributed by atoms with van der Waals surface area (Å²) in [5.41, 5.74) is -0.918. The summed E-state index contributed by atoms with van der Waals surface area (Å²) < 4.78 is 9.29. The number of carbonyl (C=O) groups excluding carboxylic acids is 1. The average molecular weight is 513 g/mol. The van der Waals surface area contributed by atoms with Crippen LogP contribution < -0.4 is 10.1 Å². The van der Waals surface area contributed by atoms with Gasteiger partial charge in [0.1, 0.15) is 17.5 Å². The van der Waals surface area contributed by atoms with E-state index >= 15 is 0 Å². The highest BCUT2D eigenvalue weighted by Gasteiger charge is 2.29. The van der Waals surface area contributed by atoms with Crippen molar-refractivity contribution in [2.24, 2.45) is 5.92 Å². The molecule has 194 valence electrons. The van der Waals surface area contributed by atoms with Gasteiger partial charge in [0.05, 0.1) is 18.3 Å². The third-order valence-corrected chi connectivity index (χ3v) is 7.24. The molecule has 8 nitrogen and oxygen atoms in total. The summed E-state index contributed by atoms with van der Waals surface area (Å²) in [7, 11) is 0. The molecule has 3 N–H and O–H groups in total. The van der Waals surface area contributed by atoms with Crippen molar-refractivity contribution in [1.29, 1.82) is 0 Å². The van der Waals surface area contributed by atoms with Crippen LogP contribution in [-0.2, 0) is 11.3 Å². The fourth-order valence-electron chi connectivity index (χ4n) is 4.79. The molecule has 1 saturated carbocycles. The quantitative estimate of drug-likeness (QED) is 0.296. The normalized spacial score (nSPS) is 15.6. The van der Waals surface area contributed by atoms with Gasteiger partial charge in [0.25, 0.3) is 0 Å². The maximum Gasteiger partial charge on any atom is 0.248 e. The number of carbonyl (C=O) groups is 1. The fourth-order valence-corrected chi connectivity index (χ4v) is 5.31. The lowest BCUT2D eigenvalue weighted by atomic mass is 9.84. The first-order valence-electron chi connectivity index (χ1n) is 12.5. The Kier molecular flexibility index (Phi) is 8.31. The summed E-state index contributed by atoms with van der Waals surface area (Å²) in [5.74, 6) is 1.74. The Hall–Kier alpha value is -2.91. The van der Waals surface area contributed by atoms with Gasteiger partial charge in [0.15, 0.2) is 11.7 Å². The molecule has 0 saturated heterocycles. The first kappa shape index (κ1) is 26.2. The van der Waals surface area contributed by atoms with Crippen LogP contribution in [0.4, 0.5) is 5.82 Å². The molecule has 1 fully saturated rings. The molecule has 1 aromatic carbocycles. The monoisotopic (exact) mass is 512 g/mol. The Morgan fingerprint density at radius 1 is 1.25 bits per heavy atom. The van der Waals surface area contributed by atoms with Crippen LogP contribution in [0.5, 0.6) is 17.4 Å². The highest BCUT2D eigenvalue weighted by molar-refractivity contribution is 7.98. The Bertz CT molecular complexity index is 1160. The smallest absolute Gasteiger partial charge is 0.248 e. The van der Waals surface area contributed by atoms with Crippen molar-refractivity contribution in [3.8, 4) is 17.4 Å². The molecule has 1 aliphatic carbocycles. The second-order valence-corrected chi connectivity index (χ2v) is 11.0. The Balaban J connectivity index is 1.56. The standard InChI is InChI=1S/C27H36N4O4S/c1-27(2,34)18-30-14-13-24(29-30)28-26(33)21(15-19-9-5-4-6-10-19)31-17-20(16-25(31)32)35-22-11-7-8-12-23(22)36-3/h7-8,11-14,16-17,19,21,32,34H,4-6,9-10,15,18H2,1-3H3,(H,28,29,33)/t21-/m0/s1. The van der Waals surface area contributed by atoms with Crippen LogP contribution in [0.3, 0.4) is 0 Å². The first-order chi connectivity index (χ1) is 17.2. The van der Waals surface area contributed by atoms with Gasteiger partial charge in [-0.15, -0.1) is 11.8 Å². The number of hydrogen-bond acceptors (Lipinski definition) is 6. The van der Waals surface area contributed by atoms with E-state index in [4.69, 9.17) is 4.74 Å². The van der Waals surface area contributed by atoms with Crippen LogP contribution in [-0.4, -0.2) is 42.3 Å². The van der Waals surface area contributed by atoms with Crippen LogP contribution in [0.2, 0.25) is 0 Å². The number of nitrogens with one attached hydrogen (secondary N) is 1. The van der Waals surface area contributed by atoms with Crippen LogP contribution in [0.15, 0.2) is 53.7 Å². The number of thioether (sulfide) groups is 1. The van der Waals surface area contributed by atoms with E-state index in [0.29, 0.717) is 36.2 Å². The summed E-state index contributed by atoms with van der Waals surface area (Å²) in [5, 5.41) is 28.2. The molecule has 0 bridgehead atoms. The molecule has 0 spiro atoms. The molecule has 0 aliphatic heterocycles. The SMILES string of the molecule is CSc1ccccc1Oc1cc(O)n([C@@H](CC2CCCCC2)C(=O)Nc2ccn(CC(C)(C)O)n2)c1. The predicted octanol–water partition coefficient (Wildman–Crippen LogP) is 5.83. The van der Waals surface area contributed by atoms with Gasteiger partial charge in [-0.1, -0.05) is 44.2 Å². The summed E-state index contributed by atoms with van der Waals surface area (Å²) >= 11 is 1.58. The summed E-state index contributed by atoms with van der Waals surface area (Å²) in [6.45, 7) is 3.73. The van der Waals surface area contributed by atoms with Gasteiger partial charge < -0.3 is 24.8 Å². The number of aromatic nitrogens is 3. The number of rotatable bonds is 10. The van der Waals surface area contributed by atoms with Gasteiger partial charge in [-0.2, -0.15) is 5.10 Å². The molecule has 36 heavy (non-hydrogen) atoms. The average Bonchev–Trinajstić information content (AvgIpc) is 3.42. The zero-order valence-corrected chi connectivity index (χ0v) is 22.0. The molecular formula is C27H36N4O4S. The van der Waals surface area contributed by atoms with E-state index in [1.807, 2.05) is 30.5 Å². The van der Waals surface area contributed by atoms with E-state index in [1.54, 1.807) is 59.4 Å². The van der Waals surface area contributed by atoms with E-state index < -0.39 is 11.6 Å². The number of benzene rings is 1. The molecule has 1 amide bonds. The molecular weight excluding hydrogens is 476 g/mol. The first-order valence-corrected chi connectivity index (χ1v) is 13.7. The molecule has 4 rings (SSSR count).